The highest BCUT2D eigenvalue weighted by Gasteiger charge is 2.32. The molecule has 8 nitrogen and oxygen atoms in total. The van der Waals surface area contributed by atoms with Crippen LogP contribution in [0, 0.1) is 0 Å². The van der Waals surface area contributed by atoms with E-state index in [0.29, 0.717) is 19.6 Å². The van der Waals surface area contributed by atoms with Crippen LogP contribution in [0.2, 0.25) is 0 Å². The van der Waals surface area contributed by atoms with Crippen molar-refractivity contribution in [3.63, 3.8) is 0 Å². The monoisotopic (exact) mass is 356 g/mol. The number of esters is 2. The van der Waals surface area contributed by atoms with Gasteiger partial charge in [-0.15, -0.1) is 0 Å². The Morgan fingerprint density at radius 1 is 1.12 bits per heavy atom. The first-order valence-electron chi connectivity index (χ1n) is 7.35. The Labute approximate surface area is 140 Å². The van der Waals surface area contributed by atoms with Crippen LogP contribution in [-0.4, -0.2) is 64.6 Å². The average molecular weight is 356 g/mol. The molecule has 1 aromatic rings. The van der Waals surface area contributed by atoms with Gasteiger partial charge in [-0.1, -0.05) is 0 Å². The van der Waals surface area contributed by atoms with Crippen LogP contribution in [0.1, 0.15) is 27.6 Å². The lowest BCUT2D eigenvalue weighted by atomic mass is 10.1. The Morgan fingerprint density at radius 2 is 1.67 bits per heavy atom. The van der Waals surface area contributed by atoms with E-state index >= 15 is 0 Å². The van der Waals surface area contributed by atoms with E-state index < -0.39 is 22.0 Å². The molecule has 0 aromatic heterocycles. The van der Waals surface area contributed by atoms with Gasteiger partial charge >= 0.3 is 11.9 Å². The molecule has 0 aliphatic carbocycles. The molecule has 1 heterocycles. The highest BCUT2D eigenvalue weighted by atomic mass is 32.2. The van der Waals surface area contributed by atoms with Crippen molar-refractivity contribution in [1.82, 2.24) is 9.62 Å². The van der Waals surface area contributed by atoms with Crippen LogP contribution in [0.15, 0.2) is 23.1 Å². The number of carbonyl (C=O) groups is 2. The highest BCUT2D eigenvalue weighted by molar-refractivity contribution is 7.89. The number of benzene rings is 1. The number of rotatable bonds is 4. The fourth-order valence-electron chi connectivity index (χ4n) is 2.53. The van der Waals surface area contributed by atoms with Crippen LogP contribution in [0.25, 0.3) is 0 Å². The van der Waals surface area contributed by atoms with Crippen LogP contribution in [-0.2, 0) is 19.5 Å². The van der Waals surface area contributed by atoms with E-state index in [2.05, 4.69) is 14.8 Å². The minimum absolute atomic E-state index is 0.0261. The van der Waals surface area contributed by atoms with E-state index in [1.807, 2.05) is 0 Å². The second-order valence-corrected chi connectivity index (χ2v) is 7.29. The summed E-state index contributed by atoms with van der Waals surface area (Å²) in [5.74, 6) is -1.46. The number of piperazine rings is 1. The van der Waals surface area contributed by atoms with Gasteiger partial charge in [-0.2, -0.15) is 4.31 Å². The summed E-state index contributed by atoms with van der Waals surface area (Å²) >= 11 is 0. The molecule has 1 atom stereocenters. The SMILES string of the molecule is COC(=O)c1cc(C(=O)OC)cc(S(=O)(=O)N2CCNCC2C)c1. The lowest BCUT2D eigenvalue weighted by molar-refractivity contribution is 0.0598. The van der Waals surface area contributed by atoms with Gasteiger partial charge in [0.25, 0.3) is 0 Å². The minimum atomic E-state index is -3.86. The minimum Gasteiger partial charge on any atom is -0.465 e. The zero-order valence-electron chi connectivity index (χ0n) is 13.7. The lowest BCUT2D eigenvalue weighted by Gasteiger charge is -2.33. The van der Waals surface area contributed by atoms with Crippen molar-refractivity contribution < 1.29 is 27.5 Å². The summed E-state index contributed by atoms with van der Waals surface area (Å²) in [5.41, 5.74) is -0.0523. The maximum Gasteiger partial charge on any atom is 0.337 e. The summed E-state index contributed by atoms with van der Waals surface area (Å²) in [6.45, 7) is 3.15. The molecular formula is C15H20N2O6S. The summed E-state index contributed by atoms with van der Waals surface area (Å²) in [6.07, 6.45) is 0. The van der Waals surface area contributed by atoms with Gasteiger partial charge in [-0.25, -0.2) is 18.0 Å². The molecule has 0 spiro atoms. The molecule has 1 unspecified atom stereocenters. The van der Waals surface area contributed by atoms with Gasteiger partial charge in [0.15, 0.2) is 0 Å². The number of hydrogen-bond acceptors (Lipinski definition) is 7. The van der Waals surface area contributed by atoms with E-state index in [4.69, 9.17) is 0 Å². The second kappa shape index (κ2) is 7.29. The van der Waals surface area contributed by atoms with Gasteiger partial charge in [-0.3, -0.25) is 0 Å². The molecule has 1 aliphatic heterocycles. The van der Waals surface area contributed by atoms with Crippen LogP contribution >= 0.6 is 0 Å². The maximum atomic E-state index is 12.9. The number of carbonyl (C=O) groups excluding carboxylic acids is 2. The molecule has 1 aromatic carbocycles. The van der Waals surface area contributed by atoms with E-state index in [0.717, 1.165) is 0 Å². The Bertz CT molecular complexity index is 712. The molecule has 1 fully saturated rings. The van der Waals surface area contributed by atoms with Crippen LogP contribution < -0.4 is 5.32 Å². The molecule has 2 rings (SSSR count). The molecule has 0 radical (unpaired) electrons. The highest BCUT2D eigenvalue weighted by Crippen LogP contribution is 2.23. The first-order valence-corrected chi connectivity index (χ1v) is 8.79. The van der Waals surface area contributed by atoms with E-state index in [-0.39, 0.29) is 22.1 Å². The fourth-order valence-corrected chi connectivity index (χ4v) is 4.24. The van der Waals surface area contributed by atoms with Crippen LogP contribution in [0.4, 0.5) is 0 Å². The predicted molar refractivity (Wildman–Crippen MR) is 85.3 cm³/mol. The topological polar surface area (TPSA) is 102 Å². The Kier molecular flexibility index (Phi) is 5.58. The van der Waals surface area contributed by atoms with Gasteiger partial charge in [0, 0.05) is 25.7 Å². The molecular weight excluding hydrogens is 336 g/mol. The van der Waals surface area contributed by atoms with Gasteiger partial charge in [0.05, 0.1) is 30.2 Å². The molecule has 1 aliphatic rings. The zero-order valence-corrected chi connectivity index (χ0v) is 14.6. The lowest BCUT2D eigenvalue weighted by Crippen LogP contribution is -2.52. The third-order valence-corrected chi connectivity index (χ3v) is 5.79. The van der Waals surface area contributed by atoms with Crippen molar-refractivity contribution in [2.75, 3.05) is 33.9 Å². The van der Waals surface area contributed by atoms with Crippen molar-refractivity contribution in [3.8, 4) is 0 Å². The molecule has 0 saturated carbocycles. The number of hydrogen-bond donors (Lipinski definition) is 1. The second-order valence-electron chi connectivity index (χ2n) is 5.40. The molecule has 1 saturated heterocycles. The van der Waals surface area contributed by atoms with Crippen LogP contribution in [0.3, 0.4) is 0 Å². The summed E-state index contributed by atoms with van der Waals surface area (Å²) in [6, 6.07) is 3.43. The first-order chi connectivity index (χ1) is 11.3. The number of methoxy groups -OCH3 is 2. The van der Waals surface area contributed by atoms with E-state index in [1.54, 1.807) is 6.92 Å². The number of sulfonamides is 1. The molecule has 9 heteroatoms. The molecule has 0 amide bonds. The van der Waals surface area contributed by atoms with Crippen molar-refractivity contribution >= 4 is 22.0 Å². The zero-order chi connectivity index (χ0) is 17.9. The summed E-state index contributed by atoms with van der Waals surface area (Å²) in [4.78, 5) is 23.5. The standard InChI is InChI=1S/C15H20N2O6S/c1-10-9-16-4-5-17(10)24(20,21)13-7-11(14(18)22-2)6-12(8-13)15(19)23-3/h6-8,10,16H,4-5,9H2,1-3H3. The van der Waals surface area contributed by atoms with Crippen molar-refractivity contribution in [3.05, 3.63) is 29.3 Å². The number of nitrogens with one attached hydrogen (secondary N) is 1. The smallest absolute Gasteiger partial charge is 0.337 e. The number of nitrogens with zero attached hydrogens (tertiary/aromatic N) is 1. The van der Waals surface area contributed by atoms with Gasteiger partial charge in [0.1, 0.15) is 0 Å². The normalized spacial score (nSPS) is 18.9. The Morgan fingerprint density at radius 3 is 2.12 bits per heavy atom. The molecule has 0 bridgehead atoms. The Balaban J connectivity index is 2.55. The molecule has 1 N–H and O–H groups in total. The quantitative estimate of drug-likeness (QED) is 0.771. The first kappa shape index (κ1) is 18.4. The number of ether oxygens (including phenoxy) is 2. The van der Waals surface area contributed by atoms with Gasteiger partial charge in [0.2, 0.25) is 10.0 Å². The predicted octanol–water partition coefficient (Wildman–Crippen LogP) is 0.242. The fraction of sp³-hybridized carbons (Fsp3) is 0.467. The summed E-state index contributed by atoms with van der Waals surface area (Å²) in [5, 5.41) is 3.11. The van der Waals surface area contributed by atoms with Crippen molar-refractivity contribution in [1.29, 1.82) is 0 Å². The Hall–Kier alpha value is -1.97. The van der Waals surface area contributed by atoms with Crippen molar-refractivity contribution in [2.45, 2.75) is 17.9 Å². The van der Waals surface area contributed by atoms with Crippen LogP contribution in [0.5, 0.6) is 0 Å². The van der Waals surface area contributed by atoms with E-state index in [1.165, 1.54) is 36.7 Å². The van der Waals surface area contributed by atoms with Gasteiger partial charge < -0.3 is 14.8 Å². The average Bonchev–Trinajstić information content (AvgIpc) is 2.60. The molecule has 132 valence electrons. The third-order valence-electron chi connectivity index (χ3n) is 3.80. The maximum absolute atomic E-state index is 12.9. The summed E-state index contributed by atoms with van der Waals surface area (Å²) in [7, 11) is -1.50. The largest absolute Gasteiger partial charge is 0.465 e. The summed E-state index contributed by atoms with van der Waals surface area (Å²) < 4.78 is 36.4. The van der Waals surface area contributed by atoms with E-state index in [9.17, 15) is 18.0 Å². The van der Waals surface area contributed by atoms with Gasteiger partial charge in [-0.05, 0) is 25.1 Å². The molecule has 24 heavy (non-hydrogen) atoms. The van der Waals surface area contributed by atoms with Crippen molar-refractivity contribution in [2.24, 2.45) is 0 Å². The third kappa shape index (κ3) is 3.58.